The molecule has 0 aliphatic heterocycles. The summed E-state index contributed by atoms with van der Waals surface area (Å²) in [5, 5.41) is 2.54. The van der Waals surface area contributed by atoms with Crippen molar-refractivity contribution in [3.8, 4) is 0 Å². The zero-order valence-electron chi connectivity index (χ0n) is 17.7. The van der Waals surface area contributed by atoms with Crippen molar-refractivity contribution in [3.05, 3.63) is 71.5 Å². The fraction of sp³-hybridized carbons (Fsp3) is 0.273. The summed E-state index contributed by atoms with van der Waals surface area (Å²) in [4.78, 5) is 23.9. The van der Waals surface area contributed by atoms with Crippen LogP contribution in [0.25, 0.3) is 0 Å². The molecule has 10 heteroatoms. The lowest BCUT2D eigenvalue weighted by Gasteiger charge is -2.24. The van der Waals surface area contributed by atoms with Gasteiger partial charge in [0, 0.05) is 6.04 Å². The van der Waals surface area contributed by atoms with Crippen molar-refractivity contribution in [1.82, 2.24) is 5.32 Å². The molecule has 0 heterocycles. The van der Waals surface area contributed by atoms with Gasteiger partial charge in [0.1, 0.15) is 10.7 Å². The summed E-state index contributed by atoms with van der Waals surface area (Å²) in [5.74, 6) is -1.87. The Bertz CT molecular complexity index is 1090. The second-order valence-electron chi connectivity index (χ2n) is 6.90. The summed E-state index contributed by atoms with van der Waals surface area (Å²) >= 11 is 6.14. The first-order valence-electron chi connectivity index (χ1n) is 9.75. The number of sulfonamides is 1. The number of rotatable bonds is 10. The molecule has 32 heavy (non-hydrogen) atoms. The Balaban J connectivity index is 2.31. The number of ether oxygens (including phenoxy) is 1. The minimum Gasteiger partial charge on any atom is -0.452 e. The van der Waals surface area contributed by atoms with E-state index in [1.165, 1.54) is 30.3 Å². The summed E-state index contributed by atoms with van der Waals surface area (Å²) < 4.78 is 45.9. The molecule has 0 saturated carbocycles. The molecule has 1 unspecified atom stereocenters. The van der Waals surface area contributed by atoms with Gasteiger partial charge in [-0.25, -0.2) is 17.6 Å². The lowest BCUT2D eigenvalue weighted by Crippen LogP contribution is -2.35. The van der Waals surface area contributed by atoms with Crippen LogP contribution >= 0.6 is 11.6 Å². The van der Waals surface area contributed by atoms with Crippen molar-refractivity contribution in [2.45, 2.75) is 31.2 Å². The zero-order valence-corrected chi connectivity index (χ0v) is 19.2. The number of amides is 1. The molecule has 0 fully saturated rings. The number of nitrogens with zero attached hydrogens (tertiary/aromatic N) is 1. The van der Waals surface area contributed by atoms with Crippen LogP contribution in [0.15, 0.2) is 60.0 Å². The van der Waals surface area contributed by atoms with E-state index in [-0.39, 0.29) is 33.8 Å². The Kier molecular flexibility index (Phi) is 8.80. The first kappa shape index (κ1) is 25.4. The molecule has 1 N–H and O–H groups in total. The third kappa shape index (κ3) is 6.30. The molecule has 0 aliphatic carbocycles. The Hall–Kier alpha value is -2.91. The molecule has 7 nitrogen and oxygen atoms in total. The number of hydrogen-bond donors (Lipinski definition) is 1. The third-order valence-corrected chi connectivity index (χ3v) is 6.77. The molecule has 2 aromatic rings. The van der Waals surface area contributed by atoms with Crippen molar-refractivity contribution in [2.24, 2.45) is 0 Å². The van der Waals surface area contributed by atoms with E-state index >= 15 is 0 Å². The van der Waals surface area contributed by atoms with Crippen molar-refractivity contribution < 1.29 is 27.1 Å². The van der Waals surface area contributed by atoms with Crippen LogP contribution in [-0.2, 0) is 19.6 Å². The molecule has 0 spiro atoms. The summed E-state index contributed by atoms with van der Waals surface area (Å²) in [5.41, 5.74) is 0.0963. The highest BCUT2D eigenvalue weighted by Crippen LogP contribution is 2.29. The van der Waals surface area contributed by atoms with Crippen molar-refractivity contribution in [2.75, 3.05) is 17.5 Å². The Morgan fingerprint density at radius 1 is 1.25 bits per heavy atom. The molecule has 1 amide bonds. The van der Waals surface area contributed by atoms with Gasteiger partial charge in [-0.1, -0.05) is 24.6 Å². The van der Waals surface area contributed by atoms with E-state index in [0.29, 0.717) is 6.42 Å². The van der Waals surface area contributed by atoms with Gasteiger partial charge in [0.15, 0.2) is 6.61 Å². The van der Waals surface area contributed by atoms with E-state index in [4.69, 9.17) is 16.3 Å². The topological polar surface area (TPSA) is 92.8 Å². The molecule has 0 aliphatic rings. The molecule has 2 aromatic carbocycles. The quantitative estimate of drug-likeness (QED) is 0.409. The Labute approximate surface area is 191 Å². The van der Waals surface area contributed by atoms with Crippen LogP contribution in [0.5, 0.6) is 0 Å². The highest BCUT2D eigenvalue weighted by Gasteiger charge is 2.28. The first-order chi connectivity index (χ1) is 15.1. The van der Waals surface area contributed by atoms with Gasteiger partial charge in [0.25, 0.3) is 15.9 Å². The molecule has 2 rings (SSSR count). The number of nitrogens with one attached hydrogen (secondary N) is 1. The van der Waals surface area contributed by atoms with E-state index in [1.54, 1.807) is 0 Å². The van der Waals surface area contributed by atoms with Gasteiger partial charge in [-0.3, -0.25) is 9.10 Å². The molecular formula is C22H24ClFN2O5S. The van der Waals surface area contributed by atoms with Crippen LogP contribution in [0.3, 0.4) is 0 Å². The highest BCUT2D eigenvalue weighted by atomic mass is 35.5. The average Bonchev–Trinajstić information content (AvgIpc) is 2.76. The fourth-order valence-electron chi connectivity index (χ4n) is 2.65. The van der Waals surface area contributed by atoms with Gasteiger partial charge in [0.2, 0.25) is 0 Å². The number of benzene rings is 2. The number of esters is 1. The molecule has 0 radical (unpaired) electrons. The van der Waals surface area contributed by atoms with E-state index in [1.807, 2.05) is 13.8 Å². The second kappa shape index (κ2) is 11.1. The van der Waals surface area contributed by atoms with Gasteiger partial charge in [0.05, 0.1) is 22.8 Å². The smallest absolute Gasteiger partial charge is 0.338 e. The van der Waals surface area contributed by atoms with E-state index in [2.05, 4.69) is 11.9 Å². The number of anilines is 1. The van der Waals surface area contributed by atoms with Crippen LogP contribution in [0.2, 0.25) is 5.02 Å². The number of hydrogen-bond acceptors (Lipinski definition) is 5. The van der Waals surface area contributed by atoms with Gasteiger partial charge >= 0.3 is 5.97 Å². The number of carbonyl (C=O) groups is 2. The van der Waals surface area contributed by atoms with Crippen molar-refractivity contribution in [1.29, 1.82) is 0 Å². The molecule has 172 valence electrons. The lowest BCUT2D eigenvalue weighted by molar-refractivity contribution is -0.124. The van der Waals surface area contributed by atoms with Crippen LogP contribution < -0.4 is 9.62 Å². The molecule has 1 atom stereocenters. The van der Waals surface area contributed by atoms with E-state index in [9.17, 15) is 22.4 Å². The summed E-state index contributed by atoms with van der Waals surface area (Å²) in [6, 6.07) is 8.41. The van der Waals surface area contributed by atoms with Gasteiger partial charge in [-0.15, -0.1) is 6.58 Å². The first-order valence-corrected chi connectivity index (χ1v) is 11.6. The average molecular weight is 483 g/mol. The normalized spacial score (nSPS) is 12.0. The van der Waals surface area contributed by atoms with Gasteiger partial charge < -0.3 is 10.1 Å². The third-order valence-electron chi connectivity index (χ3n) is 4.50. The minimum atomic E-state index is -4.25. The maximum Gasteiger partial charge on any atom is 0.338 e. The Morgan fingerprint density at radius 3 is 2.50 bits per heavy atom. The van der Waals surface area contributed by atoms with Gasteiger partial charge in [-0.2, -0.15) is 0 Å². The van der Waals surface area contributed by atoms with E-state index in [0.717, 1.165) is 22.5 Å². The number of carbonyl (C=O) groups excluding carboxylic acids is 2. The van der Waals surface area contributed by atoms with Crippen LogP contribution in [-0.4, -0.2) is 39.5 Å². The maximum atomic E-state index is 13.3. The van der Waals surface area contributed by atoms with Crippen molar-refractivity contribution >= 4 is 39.2 Å². The maximum absolute atomic E-state index is 13.3. The van der Waals surface area contributed by atoms with E-state index < -0.39 is 34.3 Å². The second-order valence-corrected chi connectivity index (χ2v) is 9.14. The minimum absolute atomic E-state index is 0.0733. The predicted octanol–water partition coefficient (Wildman–Crippen LogP) is 3.93. The molecular weight excluding hydrogens is 459 g/mol. The zero-order chi connectivity index (χ0) is 23.9. The monoisotopic (exact) mass is 482 g/mol. The molecule has 0 bridgehead atoms. The molecule has 0 aromatic heterocycles. The summed E-state index contributed by atoms with van der Waals surface area (Å²) in [6.07, 6.45) is 2.08. The standard InChI is InChI=1S/C22H24ClFN2O5S/c1-4-12-26(18-9-7-17(24)8-10-18)32(29,30)20-13-16(6-11-19(20)23)22(28)31-14-21(27)25-15(3)5-2/h4,6-11,13,15H,1,5,12,14H2,2-3H3,(H,25,27). The largest absolute Gasteiger partial charge is 0.452 e. The lowest BCUT2D eigenvalue weighted by atomic mass is 10.2. The summed E-state index contributed by atoms with van der Waals surface area (Å²) in [7, 11) is -4.25. The number of halogens is 2. The fourth-order valence-corrected chi connectivity index (χ4v) is 4.59. The van der Waals surface area contributed by atoms with Gasteiger partial charge in [-0.05, 0) is 55.8 Å². The predicted molar refractivity (Wildman–Crippen MR) is 121 cm³/mol. The van der Waals surface area contributed by atoms with Crippen molar-refractivity contribution in [3.63, 3.8) is 0 Å². The molecule has 0 saturated heterocycles. The SMILES string of the molecule is C=CCN(c1ccc(F)cc1)S(=O)(=O)c1cc(C(=O)OCC(=O)NC(C)CC)ccc1Cl. The Morgan fingerprint density at radius 2 is 1.91 bits per heavy atom. The van der Waals surface area contributed by atoms with Crippen LogP contribution in [0.1, 0.15) is 30.6 Å². The van der Waals surface area contributed by atoms with Crippen LogP contribution in [0.4, 0.5) is 10.1 Å². The highest BCUT2D eigenvalue weighted by molar-refractivity contribution is 7.93. The van der Waals surface area contributed by atoms with Crippen LogP contribution in [0, 0.1) is 5.82 Å². The summed E-state index contributed by atoms with van der Waals surface area (Å²) in [6.45, 7) is 6.65.